The molecule has 0 spiro atoms. The fourth-order valence-electron chi connectivity index (χ4n) is 3.79. The molecule has 5 rings (SSSR count). The highest BCUT2D eigenvalue weighted by Crippen LogP contribution is 2.43. The van der Waals surface area contributed by atoms with Gasteiger partial charge in [0.25, 0.3) is 5.91 Å². The highest BCUT2D eigenvalue weighted by molar-refractivity contribution is 6.03. The van der Waals surface area contributed by atoms with Gasteiger partial charge in [-0.1, -0.05) is 18.2 Å². The van der Waals surface area contributed by atoms with Crippen molar-refractivity contribution in [1.82, 2.24) is 9.78 Å². The first-order valence-electron chi connectivity index (χ1n) is 10.5. The van der Waals surface area contributed by atoms with Crippen molar-refractivity contribution >= 4 is 17.4 Å². The van der Waals surface area contributed by atoms with Crippen molar-refractivity contribution in [3.05, 3.63) is 90.5 Å². The third kappa shape index (κ3) is 4.47. The third-order valence-corrected chi connectivity index (χ3v) is 5.40. The van der Waals surface area contributed by atoms with E-state index in [1.807, 2.05) is 30.3 Å². The second-order valence-electron chi connectivity index (χ2n) is 7.76. The molecule has 2 aromatic heterocycles. The van der Waals surface area contributed by atoms with E-state index in [1.165, 1.54) is 12.3 Å². The van der Waals surface area contributed by atoms with Gasteiger partial charge in [0.15, 0.2) is 11.7 Å². The second-order valence-corrected chi connectivity index (χ2v) is 7.76. The number of fused-ring (bicyclic) bond motifs is 1. The van der Waals surface area contributed by atoms with Crippen LogP contribution in [0.3, 0.4) is 0 Å². The van der Waals surface area contributed by atoms with Crippen LogP contribution in [0.5, 0.6) is 11.5 Å². The van der Waals surface area contributed by atoms with Gasteiger partial charge in [-0.2, -0.15) is 18.3 Å². The standard InChI is InChI=1S/C24H19F3N4O3/c25-24(26,27)21-13-18(20-7-4-12-33-20)29-22-14-19(30-31(21)22)23(32)28-15-8-10-17(11-9-15)34-16-5-2-1-3-6-16/h1-12,14,18,21,29H,13H2,(H,28,32). The largest absolute Gasteiger partial charge is 0.467 e. The molecule has 34 heavy (non-hydrogen) atoms. The highest BCUT2D eigenvalue weighted by atomic mass is 19.4. The molecule has 7 nitrogen and oxygen atoms in total. The number of para-hydroxylation sites is 1. The van der Waals surface area contributed by atoms with Gasteiger partial charge in [0.05, 0.1) is 12.3 Å². The van der Waals surface area contributed by atoms with Gasteiger partial charge in [0.1, 0.15) is 23.1 Å². The number of alkyl halides is 3. The number of halogens is 3. The zero-order chi connectivity index (χ0) is 23.7. The van der Waals surface area contributed by atoms with Gasteiger partial charge in [-0.05, 0) is 48.5 Å². The second kappa shape index (κ2) is 8.62. The summed E-state index contributed by atoms with van der Waals surface area (Å²) in [7, 11) is 0. The Hall–Kier alpha value is -4.21. The minimum Gasteiger partial charge on any atom is -0.467 e. The first kappa shape index (κ1) is 21.6. The van der Waals surface area contributed by atoms with Crippen LogP contribution in [0.15, 0.2) is 83.5 Å². The van der Waals surface area contributed by atoms with Gasteiger partial charge in [-0.3, -0.25) is 4.79 Å². The number of benzene rings is 2. The van der Waals surface area contributed by atoms with Crippen LogP contribution in [0.1, 0.15) is 34.8 Å². The number of carbonyl (C=O) groups excluding carboxylic acids is 1. The number of rotatable bonds is 5. The number of hydrogen-bond donors (Lipinski definition) is 2. The third-order valence-electron chi connectivity index (χ3n) is 5.40. The maximum Gasteiger partial charge on any atom is 0.410 e. The average Bonchev–Trinajstić information content (AvgIpc) is 3.50. The van der Waals surface area contributed by atoms with Crippen molar-refractivity contribution in [2.45, 2.75) is 24.7 Å². The molecule has 174 valence electrons. The molecule has 4 aromatic rings. The van der Waals surface area contributed by atoms with E-state index in [-0.39, 0.29) is 17.9 Å². The number of hydrogen-bond acceptors (Lipinski definition) is 5. The van der Waals surface area contributed by atoms with Crippen LogP contribution >= 0.6 is 0 Å². The Labute approximate surface area is 192 Å². The van der Waals surface area contributed by atoms with E-state index in [9.17, 15) is 18.0 Å². The van der Waals surface area contributed by atoms with Crippen LogP contribution < -0.4 is 15.4 Å². The van der Waals surface area contributed by atoms with Crippen molar-refractivity contribution in [1.29, 1.82) is 0 Å². The zero-order valence-electron chi connectivity index (χ0n) is 17.6. The molecule has 0 saturated heterocycles. The number of carbonyl (C=O) groups is 1. The summed E-state index contributed by atoms with van der Waals surface area (Å²) in [6.45, 7) is 0. The molecule has 3 heterocycles. The summed E-state index contributed by atoms with van der Waals surface area (Å²) in [6.07, 6.45) is -3.45. The molecule has 1 aliphatic rings. The maximum absolute atomic E-state index is 13.8. The van der Waals surface area contributed by atoms with E-state index in [0.717, 1.165) is 4.68 Å². The van der Waals surface area contributed by atoms with Crippen LogP contribution in [0.25, 0.3) is 0 Å². The normalized spacial score (nSPS) is 17.5. The molecule has 2 N–H and O–H groups in total. The molecular weight excluding hydrogens is 449 g/mol. The van der Waals surface area contributed by atoms with Gasteiger partial charge in [0, 0.05) is 18.2 Å². The topological polar surface area (TPSA) is 81.3 Å². The van der Waals surface area contributed by atoms with E-state index in [2.05, 4.69) is 15.7 Å². The summed E-state index contributed by atoms with van der Waals surface area (Å²) in [5.74, 6) is 1.08. The molecule has 0 radical (unpaired) electrons. The molecule has 0 saturated carbocycles. The predicted octanol–water partition coefficient (Wildman–Crippen LogP) is 6.18. The summed E-state index contributed by atoms with van der Waals surface area (Å²) in [5.41, 5.74) is 0.312. The smallest absolute Gasteiger partial charge is 0.410 e. The Balaban J connectivity index is 1.32. The number of ether oxygens (including phenoxy) is 1. The molecule has 2 atom stereocenters. The molecule has 1 aliphatic heterocycles. The van der Waals surface area contributed by atoms with Crippen LogP contribution in [0.4, 0.5) is 24.7 Å². The minimum atomic E-state index is -4.55. The number of nitrogens with zero attached hydrogens (tertiary/aromatic N) is 2. The fraction of sp³-hybridized carbons (Fsp3) is 0.167. The SMILES string of the molecule is O=C(Nc1ccc(Oc2ccccc2)cc1)c1cc2n(n1)C(C(F)(F)F)CC(c1ccco1)N2. The molecule has 1 amide bonds. The van der Waals surface area contributed by atoms with Gasteiger partial charge in [-0.15, -0.1) is 0 Å². The Morgan fingerprint density at radius 2 is 1.79 bits per heavy atom. The summed E-state index contributed by atoms with van der Waals surface area (Å²) < 4.78 is 53.1. The molecule has 10 heteroatoms. The van der Waals surface area contributed by atoms with Gasteiger partial charge in [0.2, 0.25) is 0 Å². The van der Waals surface area contributed by atoms with Gasteiger partial charge >= 0.3 is 6.18 Å². The Morgan fingerprint density at radius 3 is 2.47 bits per heavy atom. The highest BCUT2D eigenvalue weighted by Gasteiger charge is 2.47. The van der Waals surface area contributed by atoms with E-state index in [4.69, 9.17) is 9.15 Å². The van der Waals surface area contributed by atoms with Crippen molar-refractivity contribution in [2.24, 2.45) is 0 Å². The fourth-order valence-corrected chi connectivity index (χ4v) is 3.79. The lowest BCUT2D eigenvalue weighted by molar-refractivity contribution is -0.174. The molecular formula is C24H19F3N4O3. The number of anilines is 2. The van der Waals surface area contributed by atoms with Crippen molar-refractivity contribution < 1.29 is 27.1 Å². The Kier molecular flexibility index (Phi) is 5.48. The summed E-state index contributed by atoms with van der Waals surface area (Å²) in [4.78, 5) is 12.7. The van der Waals surface area contributed by atoms with Crippen LogP contribution in [-0.2, 0) is 0 Å². The predicted molar refractivity (Wildman–Crippen MR) is 118 cm³/mol. The van der Waals surface area contributed by atoms with Gasteiger partial charge < -0.3 is 19.8 Å². The van der Waals surface area contributed by atoms with E-state index in [1.54, 1.807) is 36.4 Å². The van der Waals surface area contributed by atoms with Gasteiger partial charge in [-0.25, -0.2) is 4.68 Å². The molecule has 2 unspecified atom stereocenters. The molecule has 0 fully saturated rings. The van der Waals surface area contributed by atoms with E-state index < -0.39 is 24.2 Å². The number of furan rings is 1. The van der Waals surface area contributed by atoms with Crippen molar-refractivity contribution in [3.8, 4) is 11.5 Å². The van der Waals surface area contributed by atoms with Crippen LogP contribution in [-0.4, -0.2) is 21.9 Å². The zero-order valence-corrected chi connectivity index (χ0v) is 17.6. The maximum atomic E-state index is 13.8. The molecule has 2 aromatic carbocycles. The van der Waals surface area contributed by atoms with Crippen molar-refractivity contribution in [2.75, 3.05) is 10.6 Å². The lowest BCUT2D eigenvalue weighted by atomic mass is 10.0. The van der Waals surface area contributed by atoms with Crippen molar-refractivity contribution in [3.63, 3.8) is 0 Å². The lowest BCUT2D eigenvalue weighted by Crippen LogP contribution is -2.35. The summed E-state index contributed by atoms with van der Waals surface area (Å²) in [6, 6.07) is 17.8. The number of amides is 1. The Morgan fingerprint density at radius 1 is 1.06 bits per heavy atom. The van der Waals surface area contributed by atoms with Crippen LogP contribution in [0.2, 0.25) is 0 Å². The summed E-state index contributed by atoms with van der Waals surface area (Å²) in [5, 5.41) is 9.59. The number of aromatic nitrogens is 2. The molecule has 0 bridgehead atoms. The van der Waals surface area contributed by atoms with E-state index in [0.29, 0.717) is 22.9 Å². The quantitative estimate of drug-likeness (QED) is 0.366. The summed E-state index contributed by atoms with van der Waals surface area (Å²) >= 11 is 0. The minimum absolute atomic E-state index is 0.0896. The average molecular weight is 468 g/mol. The van der Waals surface area contributed by atoms with E-state index >= 15 is 0 Å². The first-order chi connectivity index (χ1) is 16.4. The van der Waals surface area contributed by atoms with Crippen LogP contribution in [0, 0.1) is 0 Å². The number of nitrogens with one attached hydrogen (secondary N) is 2. The first-order valence-corrected chi connectivity index (χ1v) is 10.5. The monoisotopic (exact) mass is 468 g/mol. The Bertz CT molecular complexity index is 1270. The lowest BCUT2D eigenvalue weighted by Gasteiger charge is -2.32. The molecule has 0 aliphatic carbocycles.